The minimum Gasteiger partial charge on any atom is -0.319 e. The molecule has 5 nitrogen and oxygen atoms in total. The van der Waals surface area contributed by atoms with Crippen molar-refractivity contribution in [3.05, 3.63) is 42.0 Å². The summed E-state index contributed by atoms with van der Waals surface area (Å²) in [5, 5.41) is 8.32. The van der Waals surface area contributed by atoms with Gasteiger partial charge in [-0.05, 0) is 11.5 Å². The summed E-state index contributed by atoms with van der Waals surface area (Å²) in [5.41, 5.74) is 1.47. The van der Waals surface area contributed by atoms with Crippen LogP contribution in [-0.4, -0.2) is 17.6 Å². The minimum absolute atomic E-state index is 0.121. The molecule has 2 aromatic rings. The first-order chi connectivity index (χ1) is 9.16. The Morgan fingerprint density at radius 3 is 2.79 bits per heavy atom. The lowest BCUT2D eigenvalue weighted by atomic mass is 10.0. The number of rotatable bonds is 1. The van der Waals surface area contributed by atoms with E-state index in [2.05, 4.69) is 15.3 Å². The van der Waals surface area contributed by atoms with Crippen LogP contribution in [0.3, 0.4) is 0 Å². The molecule has 1 amide bonds. The van der Waals surface area contributed by atoms with Crippen molar-refractivity contribution in [2.75, 3.05) is 5.32 Å². The molecule has 1 aliphatic heterocycles. The maximum absolute atomic E-state index is 11.9. The molecule has 0 atom stereocenters. The fourth-order valence-electron chi connectivity index (χ4n) is 2.10. The molecule has 0 radical (unpaired) electrons. The number of benzene rings is 2. The van der Waals surface area contributed by atoms with E-state index in [1.165, 1.54) is 6.92 Å². The molecular weight excluding hydrogens is 244 g/mol. The van der Waals surface area contributed by atoms with Gasteiger partial charge < -0.3 is 10.2 Å². The minimum atomic E-state index is -0.561. The van der Waals surface area contributed by atoms with Crippen molar-refractivity contribution in [2.24, 2.45) is 5.16 Å². The zero-order valence-electron chi connectivity index (χ0n) is 10.1. The summed E-state index contributed by atoms with van der Waals surface area (Å²) in [7, 11) is 0. The van der Waals surface area contributed by atoms with Crippen LogP contribution >= 0.6 is 0 Å². The van der Waals surface area contributed by atoms with Gasteiger partial charge in [0.05, 0.1) is 5.69 Å². The molecule has 3 rings (SSSR count). The normalized spacial score (nSPS) is 15.4. The topological polar surface area (TPSA) is 67.8 Å². The molecule has 0 unspecified atom stereocenters. The Bertz CT molecular complexity index is 735. The van der Waals surface area contributed by atoms with E-state index < -0.39 is 5.97 Å². The number of hydrogen-bond donors (Lipinski definition) is 1. The fraction of sp³-hybridized carbons (Fsp3) is 0.0714. The van der Waals surface area contributed by atoms with Crippen molar-refractivity contribution in [3.63, 3.8) is 0 Å². The van der Waals surface area contributed by atoms with E-state index in [4.69, 9.17) is 0 Å². The van der Waals surface area contributed by atoms with Crippen LogP contribution in [0.15, 0.2) is 41.6 Å². The number of oxime groups is 1. The number of carbonyl (C=O) groups excluding carboxylic acids is 2. The number of amides is 1. The number of carbonyl (C=O) groups is 2. The lowest BCUT2D eigenvalue weighted by Crippen LogP contribution is -2.15. The maximum Gasteiger partial charge on any atom is 0.332 e. The monoisotopic (exact) mass is 254 g/mol. The van der Waals surface area contributed by atoms with Crippen LogP contribution in [-0.2, 0) is 14.4 Å². The van der Waals surface area contributed by atoms with Gasteiger partial charge in [0.1, 0.15) is 0 Å². The summed E-state index contributed by atoms with van der Waals surface area (Å²) in [6, 6.07) is 11.4. The first-order valence-electron chi connectivity index (χ1n) is 5.76. The van der Waals surface area contributed by atoms with Crippen molar-refractivity contribution in [3.8, 4) is 0 Å². The molecule has 1 aliphatic rings. The summed E-state index contributed by atoms with van der Waals surface area (Å²) in [6.07, 6.45) is 0. The van der Waals surface area contributed by atoms with E-state index in [9.17, 15) is 9.59 Å². The van der Waals surface area contributed by atoms with Crippen molar-refractivity contribution in [1.29, 1.82) is 0 Å². The van der Waals surface area contributed by atoms with Gasteiger partial charge in [-0.25, -0.2) is 4.79 Å². The van der Waals surface area contributed by atoms with Crippen molar-refractivity contribution in [2.45, 2.75) is 6.92 Å². The number of nitrogens with zero attached hydrogens (tertiary/aromatic N) is 1. The Morgan fingerprint density at radius 1 is 1.21 bits per heavy atom. The molecule has 0 aromatic heterocycles. The van der Waals surface area contributed by atoms with Gasteiger partial charge in [-0.3, -0.25) is 4.79 Å². The second-order valence-corrected chi connectivity index (χ2v) is 4.19. The van der Waals surface area contributed by atoms with Gasteiger partial charge in [0, 0.05) is 17.9 Å². The zero-order chi connectivity index (χ0) is 13.4. The summed E-state index contributed by atoms with van der Waals surface area (Å²) < 4.78 is 0. The third-order valence-electron chi connectivity index (χ3n) is 2.90. The standard InChI is InChI=1S/C14H10N2O3/c1-8(17)19-16-13-11-7-6-9-4-2-3-5-10(9)12(11)15-14(13)18/h2-7H,1H3,(H,15,16,18). The highest BCUT2D eigenvalue weighted by atomic mass is 16.7. The predicted octanol–water partition coefficient (Wildman–Crippen LogP) is 2.06. The van der Waals surface area contributed by atoms with Gasteiger partial charge in [0.25, 0.3) is 5.91 Å². The summed E-state index contributed by atoms with van der Waals surface area (Å²) in [6.45, 7) is 1.23. The summed E-state index contributed by atoms with van der Waals surface area (Å²) in [5.74, 6) is -0.929. The molecule has 94 valence electrons. The van der Waals surface area contributed by atoms with Crippen LogP contribution in [0.4, 0.5) is 5.69 Å². The van der Waals surface area contributed by atoms with E-state index >= 15 is 0 Å². The number of nitrogens with one attached hydrogen (secondary N) is 1. The molecule has 0 fully saturated rings. The van der Waals surface area contributed by atoms with Gasteiger partial charge >= 0.3 is 5.97 Å². The Kier molecular flexibility index (Phi) is 2.52. The first kappa shape index (κ1) is 11.4. The van der Waals surface area contributed by atoms with E-state index in [0.29, 0.717) is 11.3 Å². The molecule has 0 spiro atoms. The number of hydrogen-bond acceptors (Lipinski definition) is 4. The molecule has 0 saturated heterocycles. The van der Waals surface area contributed by atoms with E-state index in [1.807, 2.05) is 30.3 Å². The predicted molar refractivity (Wildman–Crippen MR) is 70.9 cm³/mol. The SMILES string of the molecule is CC(=O)O/N=C1\C(=O)Nc2c1ccc1ccccc21. The van der Waals surface area contributed by atoms with Crippen LogP contribution in [0, 0.1) is 0 Å². The Labute approximate surface area is 108 Å². The quantitative estimate of drug-likeness (QED) is 0.625. The van der Waals surface area contributed by atoms with Crippen LogP contribution < -0.4 is 5.32 Å². The van der Waals surface area contributed by atoms with Crippen LogP contribution in [0.1, 0.15) is 12.5 Å². The summed E-state index contributed by atoms with van der Waals surface area (Å²) >= 11 is 0. The lowest BCUT2D eigenvalue weighted by molar-refractivity contribution is -0.140. The Morgan fingerprint density at radius 2 is 2.00 bits per heavy atom. The van der Waals surface area contributed by atoms with Crippen LogP contribution in [0.25, 0.3) is 10.8 Å². The molecule has 19 heavy (non-hydrogen) atoms. The van der Waals surface area contributed by atoms with Gasteiger partial charge in [-0.1, -0.05) is 35.5 Å². The lowest BCUT2D eigenvalue weighted by Gasteiger charge is -2.03. The highest BCUT2D eigenvalue weighted by Gasteiger charge is 2.28. The van der Waals surface area contributed by atoms with Crippen molar-refractivity contribution >= 4 is 34.0 Å². The third kappa shape index (κ3) is 1.85. The fourth-order valence-corrected chi connectivity index (χ4v) is 2.10. The Balaban J connectivity index is 2.17. The van der Waals surface area contributed by atoms with E-state index in [1.54, 1.807) is 6.07 Å². The van der Waals surface area contributed by atoms with Crippen molar-refractivity contribution < 1.29 is 14.4 Å². The molecule has 1 heterocycles. The van der Waals surface area contributed by atoms with Crippen molar-refractivity contribution in [1.82, 2.24) is 0 Å². The molecule has 2 aromatic carbocycles. The van der Waals surface area contributed by atoms with Gasteiger partial charge in [0.15, 0.2) is 5.71 Å². The van der Waals surface area contributed by atoms with Gasteiger partial charge in [0.2, 0.25) is 0 Å². The second kappa shape index (κ2) is 4.20. The van der Waals surface area contributed by atoms with Gasteiger partial charge in [-0.2, -0.15) is 0 Å². The highest BCUT2D eigenvalue weighted by Crippen LogP contribution is 2.32. The first-order valence-corrected chi connectivity index (χ1v) is 5.76. The number of fused-ring (bicyclic) bond motifs is 3. The van der Waals surface area contributed by atoms with E-state index in [-0.39, 0.29) is 11.6 Å². The molecule has 0 saturated carbocycles. The smallest absolute Gasteiger partial charge is 0.319 e. The average Bonchev–Trinajstić information content (AvgIpc) is 2.72. The molecule has 1 N–H and O–H groups in total. The number of anilines is 1. The molecule has 5 heteroatoms. The zero-order valence-corrected chi connectivity index (χ0v) is 10.1. The maximum atomic E-state index is 11.9. The van der Waals surface area contributed by atoms with Gasteiger partial charge in [-0.15, -0.1) is 0 Å². The molecular formula is C14H10N2O3. The average molecular weight is 254 g/mol. The molecule has 0 aliphatic carbocycles. The van der Waals surface area contributed by atoms with E-state index in [0.717, 1.165) is 10.8 Å². The Hall–Kier alpha value is -2.69. The third-order valence-corrected chi connectivity index (χ3v) is 2.90. The van der Waals surface area contributed by atoms with Crippen LogP contribution in [0.5, 0.6) is 0 Å². The van der Waals surface area contributed by atoms with Crippen LogP contribution in [0.2, 0.25) is 0 Å². The second-order valence-electron chi connectivity index (χ2n) is 4.19. The largest absolute Gasteiger partial charge is 0.332 e. The molecule has 0 bridgehead atoms. The highest BCUT2D eigenvalue weighted by molar-refractivity contribution is 6.54. The summed E-state index contributed by atoms with van der Waals surface area (Å²) in [4.78, 5) is 27.2.